The minimum absolute atomic E-state index is 0.491. The van der Waals surface area contributed by atoms with Crippen molar-refractivity contribution in [2.75, 3.05) is 18.6 Å². The largest absolute Gasteiger partial charge is 0.491 e. The zero-order valence-corrected chi connectivity index (χ0v) is 9.36. The summed E-state index contributed by atoms with van der Waals surface area (Å²) in [6.07, 6.45) is 2.02. The molecule has 0 aliphatic heterocycles. The first-order valence-corrected chi connectivity index (χ1v) is 5.86. The normalized spacial score (nSPS) is 9.50. The molecule has 0 spiro atoms. The number of thioether (sulfide) groups is 1. The van der Waals surface area contributed by atoms with Gasteiger partial charge in [0.25, 0.3) is 0 Å². The Morgan fingerprint density at radius 1 is 1.57 bits per heavy atom. The van der Waals surface area contributed by atoms with Crippen molar-refractivity contribution < 1.29 is 4.74 Å². The van der Waals surface area contributed by atoms with Crippen LogP contribution in [0.3, 0.4) is 0 Å². The fourth-order valence-electron chi connectivity index (χ4n) is 0.922. The van der Waals surface area contributed by atoms with Gasteiger partial charge in [-0.15, -0.1) is 0 Å². The van der Waals surface area contributed by atoms with Crippen LogP contribution in [0.15, 0.2) is 18.2 Å². The Labute approximate surface area is 92.8 Å². The Kier molecular flexibility index (Phi) is 4.64. The van der Waals surface area contributed by atoms with E-state index in [0.29, 0.717) is 22.9 Å². The predicted molar refractivity (Wildman–Crippen MR) is 60.0 cm³/mol. The van der Waals surface area contributed by atoms with E-state index in [1.807, 2.05) is 12.3 Å². The van der Waals surface area contributed by atoms with Crippen molar-refractivity contribution in [2.45, 2.75) is 0 Å². The summed E-state index contributed by atoms with van der Waals surface area (Å²) in [5.74, 6) is 1.57. The second-order valence-electron chi connectivity index (χ2n) is 2.60. The number of nitrogens with zero attached hydrogens (tertiary/aromatic N) is 1. The molecule has 74 valence electrons. The first-order valence-electron chi connectivity index (χ1n) is 4.09. The van der Waals surface area contributed by atoms with Crippen molar-refractivity contribution in [1.29, 1.82) is 5.26 Å². The van der Waals surface area contributed by atoms with Crippen LogP contribution in [0.1, 0.15) is 5.56 Å². The van der Waals surface area contributed by atoms with Gasteiger partial charge in [0, 0.05) is 5.75 Å². The van der Waals surface area contributed by atoms with Crippen molar-refractivity contribution in [2.24, 2.45) is 0 Å². The number of halogens is 1. The van der Waals surface area contributed by atoms with Gasteiger partial charge in [-0.05, 0) is 24.5 Å². The Balaban J connectivity index is 2.65. The maximum Gasteiger partial charge on any atom is 0.138 e. The molecule has 0 amide bonds. The van der Waals surface area contributed by atoms with Crippen molar-refractivity contribution in [3.8, 4) is 11.8 Å². The highest BCUT2D eigenvalue weighted by Crippen LogP contribution is 2.25. The lowest BCUT2D eigenvalue weighted by Gasteiger charge is -2.06. The number of hydrogen-bond donors (Lipinski definition) is 0. The van der Waals surface area contributed by atoms with Crippen LogP contribution in [0.5, 0.6) is 5.75 Å². The Hall–Kier alpha value is -0.850. The molecule has 0 saturated carbocycles. The minimum Gasteiger partial charge on any atom is -0.491 e. The molecule has 0 fully saturated rings. The Bertz CT molecular complexity index is 348. The zero-order valence-electron chi connectivity index (χ0n) is 7.79. The second kappa shape index (κ2) is 5.79. The van der Waals surface area contributed by atoms with E-state index < -0.39 is 0 Å². The topological polar surface area (TPSA) is 33.0 Å². The molecular formula is C10H10ClNOS. The number of ether oxygens (including phenoxy) is 1. The number of rotatable bonds is 4. The third-order valence-electron chi connectivity index (χ3n) is 1.61. The van der Waals surface area contributed by atoms with Gasteiger partial charge in [-0.2, -0.15) is 17.0 Å². The quantitative estimate of drug-likeness (QED) is 0.742. The molecule has 1 rings (SSSR count). The molecule has 0 bridgehead atoms. The van der Waals surface area contributed by atoms with E-state index in [1.54, 1.807) is 30.0 Å². The average Bonchev–Trinajstić information content (AvgIpc) is 2.20. The third kappa shape index (κ3) is 3.13. The van der Waals surface area contributed by atoms with Gasteiger partial charge in [0.2, 0.25) is 0 Å². The first kappa shape index (κ1) is 11.2. The molecule has 0 atom stereocenters. The molecule has 4 heteroatoms. The highest BCUT2D eigenvalue weighted by molar-refractivity contribution is 7.98. The highest BCUT2D eigenvalue weighted by Gasteiger charge is 2.02. The summed E-state index contributed by atoms with van der Waals surface area (Å²) in [4.78, 5) is 0. The molecule has 1 aromatic carbocycles. The summed E-state index contributed by atoms with van der Waals surface area (Å²) in [6.45, 7) is 0.632. The van der Waals surface area contributed by atoms with E-state index in [1.165, 1.54) is 0 Å². The van der Waals surface area contributed by atoms with E-state index in [-0.39, 0.29) is 0 Å². The van der Waals surface area contributed by atoms with Gasteiger partial charge in [-0.3, -0.25) is 0 Å². The van der Waals surface area contributed by atoms with Crippen LogP contribution in [-0.2, 0) is 0 Å². The maximum absolute atomic E-state index is 8.61. The van der Waals surface area contributed by atoms with Crippen LogP contribution >= 0.6 is 23.4 Å². The van der Waals surface area contributed by atoms with Crippen molar-refractivity contribution in [1.82, 2.24) is 0 Å². The molecular weight excluding hydrogens is 218 g/mol. The lowest BCUT2D eigenvalue weighted by molar-refractivity contribution is 0.344. The second-order valence-corrected chi connectivity index (χ2v) is 3.99. The van der Waals surface area contributed by atoms with E-state index in [9.17, 15) is 0 Å². The van der Waals surface area contributed by atoms with Crippen LogP contribution in [-0.4, -0.2) is 18.6 Å². The van der Waals surface area contributed by atoms with Crippen LogP contribution in [0, 0.1) is 11.3 Å². The van der Waals surface area contributed by atoms with Gasteiger partial charge in [0.05, 0.1) is 23.3 Å². The fraction of sp³-hybridized carbons (Fsp3) is 0.300. The standard InChI is InChI=1S/C10H10ClNOS/c1-14-5-4-13-10-3-2-8(7-12)6-9(10)11/h2-3,6H,4-5H2,1H3. The average molecular weight is 228 g/mol. The highest BCUT2D eigenvalue weighted by atomic mass is 35.5. The lowest BCUT2D eigenvalue weighted by atomic mass is 10.2. The van der Waals surface area contributed by atoms with Crippen molar-refractivity contribution in [3.05, 3.63) is 28.8 Å². The molecule has 0 aliphatic carbocycles. The van der Waals surface area contributed by atoms with E-state index >= 15 is 0 Å². The summed E-state index contributed by atoms with van der Waals surface area (Å²) in [5.41, 5.74) is 0.548. The van der Waals surface area contributed by atoms with Crippen LogP contribution in [0.25, 0.3) is 0 Å². The molecule has 0 saturated heterocycles. The molecule has 1 aromatic rings. The van der Waals surface area contributed by atoms with Gasteiger partial charge in [-0.25, -0.2) is 0 Å². The van der Waals surface area contributed by atoms with Gasteiger partial charge in [0.1, 0.15) is 5.75 Å². The Morgan fingerprint density at radius 2 is 2.36 bits per heavy atom. The van der Waals surface area contributed by atoms with Gasteiger partial charge >= 0.3 is 0 Å². The van der Waals surface area contributed by atoms with E-state index in [0.717, 1.165) is 5.75 Å². The smallest absolute Gasteiger partial charge is 0.138 e. The summed E-state index contributed by atoms with van der Waals surface area (Å²) in [5, 5.41) is 9.11. The summed E-state index contributed by atoms with van der Waals surface area (Å²) >= 11 is 7.62. The van der Waals surface area contributed by atoms with Gasteiger partial charge < -0.3 is 4.74 Å². The van der Waals surface area contributed by atoms with E-state index in [4.69, 9.17) is 21.6 Å². The SMILES string of the molecule is CSCCOc1ccc(C#N)cc1Cl. The monoisotopic (exact) mass is 227 g/mol. The maximum atomic E-state index is 8.61. The number of benzene rings is 1. The van der Waals surface area contributed by atoms with Crippen LogP contribution < -0.4 is 4.74 Å². The molecule has 0 aliphatic rings. The molecule has 0 aromatic heterocycles. The Morgan fingerprint density at radius 3 is 2.93 bits per heavy atom. The van der Waals surface area contributed by atoms with Crippen molar-refractivity contribution >= 4 is 23.4 Å². The molecule has 2 nitrogen and oxygen atoms in total. The number of nitriles is 1. The van der Waals surface area contributed by atoms with Crippen LogP contribution in [0.2, 0.25) is 5.02 Å². The lowest BCUT2D eigenvalue weighted by Crippen LogP contribution is -2.00. The van der Waals surface area contributed by atoms with Crippen LogP contribution in [0.4, 0.5) is 0 Å². The molecule has 0 radical (unpaired) electrons. The minimum atomic E-state index is 0.491. The molecule has 0 N–H and O–H groups in total. The summed E-state index contributed by atoms with van der Waals surface area (Å²) < 4.78 is 5.41. The predicted octanol–water partition coefficient (Wildman–Crippen LogP) is 2.95. The molecule has 14 heavy (non-hydrogen) atoms. The molecule has 0 unspecified atom stereocenters. The first-order chi connectivity index (χ1) is 6.77. The zero-order chi connectivity index (χ0) is 10.4. The summed E-state index contributed by atoms with van der Waals surface area (Å²) in [7, 11) is 0. The molecule has 0 heterocycles. The van der Waals surface area contributed by atoms with Crippen molar-refractivity contribution in [3.63, 3.8) is 0 Å². The van der Waals surface area contributed by atoms with E-state index in [2.05, 4.69) is 0 Å². The van der Waals surface area contributed by atoms with Gasteiger partial charge in [0.15, 0.2) is 0 Å². The summed E-state index contributed by atoms with van der Waals surface area (Å²) in [6, 6.07) is 7.04. The third-order valence-corrected chi connectivity index (χ3v) is 2.48. The fourth-order valence-corrected chi connectivity index (χ4v) is 1.41. The number of hydrogen-bond acceptors (Lipinski definition) is 3. The van der Waals surface area contributed by atoms with Gasteiger partial charge in [-0.1, -0.05) is 11.6 Å².